The highest BCUT2D eigenvalue weighted by molar-refractivity contribution is 5.55. The van der Waals surface area contributed by atoms with Crippen molar-refractivity contribution in [1.29, 1.82) is 0 Å². The van der Waals surface area contributed by atoms with Gasteiger partial charge in [0, 0.05) is 24.8 Å². The van der Waals surface area contributed by atoms with Gasteiger partial charge < -0.3 is 10.6 Å². The number of hydrogen-bond acceptors (Lipinski definition) is 2. The molecule has 1 rings (SSSR count). The zero-order valence-corrected chi connectivity index (χ0v) is 11.8. The van der Waals surface area contributed by atoms with Gasteiger partial charge in [-0.3, -0.25) is 0 Å². The maximum atomic E-state index is 6.18. The average molecular weight is 234 g/mol. The Morgan fingerprint density at radius 2 is 1.76 bits per heavy atom. The van der Waals surface area contributed by atoms with Crippen LogP contribution in [0.1, 0.15) is 45.7 Å². The van der Waals surface area contributed by atoms with Crippen LogP contribution >= 0.6 is 0 Å². The Kier molecular flexibility index (Phi) is 5.01. The van der Waals surface area contributed by atoms with Gasteiger partial charge in [0.1, 0.15) is 0 Å². The van der Waals surface area contributed by atoms with E-state index in [1.54, 1.807) is 0 Å². The summed E-state index contributed by atoms with van der Waals surface area (Å²) in [7, 11) is 2.16. The standard InChI is InChI=1S/C15H26N2/c1-6-14(16)13-9-7-8-10-15(13)17(5)12(4)11(2)3/h7-12,14H,6,16H2,1-5H3/t12?,14-/m0/s1. The molecular weight excluding hydrogens is 208 g/mol. The fourth-order valence-corrected chi connectivity index (χ4v) is 2.01. The first-order valence-corrected chi connectivity index (χ1v) is 6.56. The molecule has 1 aromatic carbocycles. The van der Waals surface area contributed by atoms with Crippen LogP contribution in [-0.4, -0.2) is 13.1 Å². The van der Waals surface area contributed by atoms with Gasteiger partial charge in [-0.15, -0.1) is 0 Å². The molecule has 17 heavy (non-hydrogen) atoms. The highest BCUT2D eigenvalue weighted by Crippen LogP contribution is 2.28. The minimum absolute atomic E-state index is 0.132. The number of anilines is 1. The smallest absolute Gasteiger partial charge is 0.0414 e. The van der Waals surface area contributed by atoms with Crippen LogP contribution in [0.15, 0.2) is 24.3 Å². The fraction of sp³-hybridized carbons (Fsp3) is 0.600. The van der Waals surface area contributed by atoms with E-state index in [1.165, 1.54) is 11.3 Å². The highest BCUT2D eigenvalue weighted by Gasteiger charge is 2.18. The molecule has 0 bridgehead atoms. The number of para-hydroxylation sites is 1. The second-order valence-corrected chi connectivity index (χ2v) is 5.17. The van der Waals surface area contributed by atoms with Crippen molar-refractivity contribution in [2.45, 2.75) is 46.2 Å². The summed E-state index contributed by atoms with van der Waals surface area (Å²) in [6.07, 6.45) is 0.973. The van der Waals surface area contributed by atoms with Gasteiger partial charge in [-0.05, 0) is 30.9 Å². The molecule has 2 heteroatoms. The second kappa shape index (κ2) is 6.06. The molecule has 0 heterocycles. The Morgan fingerprint density at radius 1 is 1.18 bits per heavy atom. The molecule has 96 valence electrons. The first kappa shape index (κ1) is 14.0. The molecule has 0 saturated carbocycles. The number of rotatable bonds is 5. The van der Waals surface area contributed by atoms with Crippen LogP contribution in [0.3, 0.4) is 0 Å². The number of benzene rings is 1. The van der Waals surface area contributed by atoms with Crippen molar-refractivity contribution in [2.24, 2.45) is 11.7 Å². The summed E-state index contributed by atoms with van der Waals surface area (Å²) in [4.78, 5) is 2.34. The summed E-state index contributed by atoms with van der Waals surface area (Å²) in [5.74, 6) is 0.630. The van der Waals surface area contributed by atoms with Crippen LogP contribution in [-0.2, 0) is 0 Å². The lowest BCUT2D eigenvalue weighted by Gasteiger charge is -2.32. The average Bonchev–Trinajstić information content (AvgIpc) is 2.35. The largest absolute Gasteiger partial charge is 0.371 e. The predicted octanol–water partition coefficient (Wildman–Crippen LogP) is 3.58. The van der Waals surface area contributed by atoms with E-state index in [2.05, 4.69) is 63.9 Å². The number of nitrogens with two attached hydrogens (primary N) is 1. The lowest BCUT2D eigenvalue weighted by atomic mass is 9.99. The third-order valence-corrected chi connectivity index (χ3v) is 3.73. The SMILES string of the molecule is CC[C@H](N)c1ccccc1N(C)C(C)C(C)C. The molecule has 0 aliphatic heterocycles. The zero-order chi connectivity index (χ0) is 13.0. The molecule has 0 aromatic heterocycles. The van der Waals surface area contributed by atoms with Gasteiger partial charge in [0.15, 0.2) is 0 Å². The zero-order valence-electron chi connectivity index (χ0n) is 11.8. The topological polar surface area (TPSA) is 29.3 Å². The third kappa shape index (κ3) is 3.22. The van der Waals surface area contributed by atoms with E-state index >= 15 is 0 Å². The van der Waals surface area contributed by atoms with Crippen LogP contribution in [0, 0.1) is 5.92 Å². The van der Waals surface area contributed by atoms with Crippen LogP contribution in [0.5, 0.6) is 0 Å². The summed E-state index contributed by atoms with van der Waals surface area (Å²) in [6, 6.07) is 9.12. The van der Waals surface area contributed by atoms with Crippen molar-refractivity contribution in [3.8, 4) is 0 Å². The minimum Gasteiger partial charge on any atom is -0.371 e. The first-order valence-electron chi connectivity index (χ1n) is 6.56. The van der Waals surface area contributed by atoms with Gasteiger partial charge in [-0.25, -0.2) is 0 Å². The van der Waals surface area contributed by atoms with Gasteiger partial charge in [0.2, 0.25) is 0 Å². The summed E-state index contributed by atoms with van der Waals surface area (Å²) >= 11 is 0. The Balaban J connectivity index is 3.04. The van der Waals surface area contributed by atoms with E-state index in [-0.39, 0.29) is 6.04 Å². The molecule has 0 radical (unpaired) electrons. The maximum Gasteiger partial charge on any atom is 0.0414 e. The van der Waals surface area contributed by atoms with Gasteiger partial charge in [-0.2, -0.15) is 0 Å². The quantitative estimate of drug-likeness (QED) is 0.844. The molecule has 0 aliphatic carbocycles. The molecule has 0 fully saturated rings. The van der Waals surface area contributed by atoms with Gasteiger partial charge in [0.05, 0.1) is 0 Å². The van der Waals surface area contributed by atoms with E-state index in [4.69, 9.17) is 5.73 Å². The molecule has 2 nitrogen and oxygen atoms in total. The molecule has 0 saturated heterocycles. The molecular formula is C15H26N2. The molecule has 1 unspecified atom stereocenters. The van der Waals surface area contributed by atoms with Gasteiger partial charge in [-0.1, -0.05) is 39.0 Å². The Bertz CT molecular complexity index is 347. The van der Waals surface area contributed by atoms with E-state index in [0.29, 0.717) is 12.0 Å². The second-order valence-electron chi connectivity index (χ2n) is 5.17. The summed E-state index contributed by atoms with van der Waals surface area (Å²) in [5.41, 5.74) is 8.70. The van der Waals surface area contributed by atoms with Crippen molar-refractivity contribution in [1.82, 2.24) is 0 Å². The Labute approximate surface area is 106 Å². The van der Waals surface area contributed by atoms with E-state index in [1.807, 2.05) is 0 Å². The molecule has 0 amide bonds. The first-order chi connectivity index (χ1) is 7.99. The van der Waals surface area contributed by atoms with Crippen molar-refractivity contribution in [3.63, 3.8) is 0 Å². The minimum atomic E-state index is 0.132. The highest BCUT2D eigenvalue weighted by atomic mass is 15.1. The van der Waals surface area contributed by atoms with Crippen molar-refractivity contribution in [3.05, 3.63) is 29.8 Å². The predicted molar refractivity (Wildman–Crippen MR) is 76.4 cm³/mol. The molecule has 0 aliphatic rings. The number of nitrogens with zero attached hydrogens (tertiary/aromatic N) is 1. The van der Waals surface area contributed by atoms with Crippen LogP contribution in [0.4, 0.5) is 5.69 Å². The number of hydrogen-bond donors (Lipinski definition) is 1. The monoisotopic (exact) mass is 234 g/mol. The summed E-state index contributed by atoms with van der Waals surface area (Å²) < 4.78 is 0. The van der Waals surface area contributed by atoms with Crippen molar-refractivity contribution < 1.29 is 0 Å². The molecule has 1 aromatic rings. The fourth-order valence-electron chi connectivity index (χ4n) is 2.01. The maximum absolute atomic E-state index is 6.18. The van der Waals surface area contributed by atoms with Crippen LogP contribution in [0.25, 0.3) is 0 Å². The summed E-state index contributed by atoms with van der Waals surface area (Å²) in [6.45, 7) is 8.90. The van der Waals surface area contributed by atoms with E-state index in [9.17, 15) is 0 Å². The summed E-state index contributed by atoms with van der Waals surface area (Å²) in [5, 5.41) is 0. The van der Waals surface area contributed by atoms with Crippen molar-refractivity contribution in [2.75, 3.05) is 11.9 Å². The van der Waals surface area contributed by atoms with Crippen molar-refractivity contribution >= 4 is 5.69 Å². The van der Waals surface area contributed by atoms with E-state index in [0.717, 1.165) is 6.42 Å². The lowest BCUT2D eigenvalue weighted by Crippen LogP contribution is -2.34. The molecule has 2 atom stereocenters. The normalized spacial score (nSPS) is 14.8. The lowest BCUT2D eigenvalue weighted by molar-refractivity contribution is 0.503. The Hall–Kier alpha value is -1.02. The van der Waals surface area contributed by atoms with Gasteiger partial charge >= 0.3 is 0 Å². The van der Waals surface area contributed by atoms with Gasteiger partial charge in [0.25, 0.3) is 0 Å². The molecule has 0 spiro atoms. The van der Waals surface area contributed by atoms with E-state index < -0.39 is 0 Å². The van der Waals surface area contributed by atoms with Crippen LogP contribution < -0.4 is 10.6 Å². The van der Waals surface area contributed by atoms with Crippen LogP contribution in [0.2, 0.25) is 0 Å². The Morgan fingerprint density at radius 3 is 2.29 bits per heavy atom. The third-order valence-electron chi connectivity index (χ3n) is 3.73. The molecule has 2 N–H and O–H groups in total.